The molecule has 0 rings (SSSR count). The van der Waals surface area contributed by atoms with Crippen molar-refractivity contribution in [3.05, 3.63) is 0 Å². The van der Waals surface area contributed by atoms with Crippen LogP contribution in [0.25, 0.3) is 0 Å². The highest BCUT2D eigenvalue weighted by atomic mass is 16.6. The Bertz CT molecular complexity index is 789. The minimum absolute atomic E-state index is 0.0566. The number of rotatable bonds is 14. The predicted molar refractivity (Wildman–Crippen MR) is 152 cm³/mol. The van der Waals surface area contributed by atoms with Crippen LogP contribution in [0.2, 0.25) is 0 Å². The highest BCUT2D eigenvalue weighted by Crippen LogP contribution is 2.21. The van der Waals surface area contributed by atoms with Gasteiger partial charge < -0.3 is 30.2 Å². The van der Waals surface area contributed by atoms with Crippen molar-refractivity contribution in [2.75, 3.05) is 13.2 Å². The van der Waals surface area contributed by atoms with Crippen molar-refractivity contribution in [1.29, 1.82) is 0 Å². The molecular formula is C29H57N3O6. The molecule has 0 heterocycles. The van der Waals surface area contributed by atoms with E-state index in [0.717, 1.165) is 0 Å². The molecule has 0 saturated heterocycles. The Kier molecular flexibility index (Phi) is 12.8. The van der Waals surface area contributed by atoms with E-state index in [-0.39, 0.29) is 11.8 Å². The van der Waals surface area contributed by atoms with Gasteiger partial charge in [0.1, 0.15) is 11.3 Å². The lowest BCUT2D eigenvalue weighted by Gasteiger charge is -2.33. The van der Waals surface area contributed by atoms with Crippen LogP contribution in [0.4, 0.5) is 4.79 Å². The molecule has 224 valence electrons. The molecule has 0 aromatic carbocycles. The first-order valence-electron chi connectivity index (χ1n) is 13.7. The molecule has 9 heteroatoms. The first kappa shape index (κ1) is 36.1. The lowest BCUT2D eigenvalue weighted by molar-refractivity contribution is -0.139. The SMILES string of the molecule is CC(C)(CCOC(C)(C)NC(=O)C(C)(C)C)NC(=O)CCC(C)(C)OCCC(C)(C)NC(=O)OC(C)(C)C. The Hall–Kier alpha value is -1.87. The van der Waals surface area contributed by atoms with Crippen molar-refractivity contribution in [3.63, 3.8) is 0 Å². The first-order valence-corrected chi connectivity index (χ1v) is 13.7. The molecular weight excluding hydrogens is 486 g/mol. The second-order valence-electron chi connectivity index (χ2n) is 14.6. The van der Waals surface area contributed by atoms with Crippen molar-refractivity contribution < 1.29 is 28.6 Å². The van der Waals surface area contributed by atoms with Crippen molar-refractivity contribution in [2.45, 2.75) is 151 Å². The quantitative estimate of drug-likeness (QED) is 0.251. The molecule has 0 spiro atoms. The standard InChI is InChI=1S/C29H57N3O6/c1-24(2,3)22(34)31-29(13,14)37-20-18-26(7,8)30-21(33)15-16-28(11,12)36-19-17-27(9,10)32-23(35)38-25(4,5)6/h15-20H2,1-14H3,(H,30,33)(H,31,34)(H,32,35). The maximum Gasteiger partial charge on any atom is 0.408 e. The Morgan fingerprint density at radius 3 is 1.55 bits per heavy atom. The van der Waals surface area contributed by atoms with E-state index in [1.54, 1.807) is 0 Å². The average molecular weight is 544 g/mol. The zero-order valence-corrected chi connectivity index (χ0v) is 26.7. The molecule has 0 unspecified atom stereocenters. The molecule has 0 aliphatic heterocycles. The molecule has 0 bridgehead atoms. The first-order chi connectivity index (χ1) is 16.7. The van der Waals surface area contributed by atoms with Crippen molar-refractivity contribution >= 4 is 17.9 Å². The van der Waals surface area contributed by atoms with Crippen molar-refractivity contribution in [2.24, 2.45) is 5.41 Å². The molecule has 9 nitrogen and oxygen atoms in total. The summed E-state index contributed by atoms with van der Waals surface area (Å²) in [4.78, 5) is 37.0. The number of alkyl carbamates (subject to hydrolysis) is 1. The number of amides is 3. The van der Waals surface area contributed by atoms with Crippen LogP contribution in [-0.2, 0) is 23.8 Å². The predicted octanol–water partition coefficient (Wildman–Crippen LogP) is 5.46. The average Bonchev–Trinajstić information content (AvgIpc) is 2.62. The zero-order valence-electron chi connectivity index (χ0n) is 26.7. The fourth-order valence-corrected chi connectivity index (χ4v) is 3.27. The van der Waals surface area contributed by atoms with Gasteiger partial charge in [-0.15, -0.1) is 0 Å². The third-order valence-electron chi connectivity index (χ3n) is 5.78. The van der Waals surface area contributed by atoms with Gasteiger partial charge in [0.25, 0.3) is 0 Å². The van der Waals surface area contributed by atoms with Crippen LogP contribution < -0.4 is 16.0 Å². The van der Waals surface area contributed by atoms with Crippen molar-refractivity contribution in [1.82, 2.24) is 16.0 Å². The summed E-state index contributed by atoms with van der Waals surface area (Å²) in [5.74, 6) is -0.137. The van der Waals surface area contributed by atoms with E-state index < -0.39 is 39.5 Å². The normalized spacial score (nSPS) is 13.6. The molecule has 0 atom stereocenters. The lowest BCUT2D eigenvalue weighted by Crippen LogP contribution is -2.51. The summed E-state index contributed by atoms with van der Waals surface area (Å²) in [5, 5.41) is 8.87. The van der Waals surface area contributed by atoms with Crippen LogP contribution in [0.3, 0.4) is 0 Å². The van der Waals surface area contributed by atoms with Gasteiger partial charge in [0.05, 0.1) is 12.2 Å². The molecule has 0 fully saturated rings. The second kappa shape index (κ2) is 13.5. The number of nitrogens with one attached hydrogen (secondary N) is 3. The maximum absolute atomic E-state index is 12.7. The van der Waals surface area contributed by atoms with Crippen LogP contribution in [0.15, 0.2) is 0 Å². The van der Waals surface area contributed by atoms with Crippen LogP contribution >= 0.6 is 0 Å². The molecule has 3 amide bonds. The fourth-order valence-electron chi connectivity index (χ4n) is 3.27. The van der Waals surface area contributed by atoms with Gasteiger partial charge in [-0.1, -0.05) is 20.8 Å². The van der Waals surface area contributed by atoms with Gasteiger partial charge in [-0.25, -0.2) is 4.79 Å². The molecule has 3 N–H and O–H groups in total. The van der Waals surface area contributed by atoms with Gasteiger partial charge in [0, 0.05) is 29.5 Å². The van der Waals surface area contributed by atoms with E-state index in [0.29, 0.717) is 38.9 Å². The van der Waals surface area contributed by atoms with E-state index in [1.165, 1.54) is 0 Å². The lowest BCUT2D eigenvalue weighted by atomic mass is 9.95. The van der Waals surface area contributed by atoms with Crippen LogP contribution in [0, 0.1) is 5.41 Å². The summed E-state index contributed by atoms with van der Waals surface area (Å²) in [5.41, 5.74) is -3.32. The number of carbonyl (C=O) groups excluding carboxylic acids is 3. The third kappa shape index (κ3) is 17.6. The van der Waals surface area contributed by atoms with Crippen LogP contribution in [0.1, 0.15) is 123 Å². The Balaban J connectivity index is 4.52. The summed E-state index contributed by atoms with van der Waals surface area (Å²) >= 11 is 0. The zero-order chi connectivity index (χ0) is 30.2. The van der Waals surface area contributed by atoms with Gasteiger partial charge >= 0.3 is 6.09 Å². The number of ether oxygens (including phenoxy) is 3. The van der Waals surface area contributed by atoms with Gasteiger partial charge in [0.15, 0.2) is 0 Å². The van der Waals surface area contributed by atoms with E-state index in [2.05, 4.69) is 16.0 Å². The third-order valence-corrected chi connectivity index (χ3v) is 5.78. The highest BCUT2D eigenvalue weighted by Gasteiger charge is 2.30. The Labute approximate surface area is 231 Å². The summed E-state index contributed by atoms with van der Waals surface area (Å²) in [6, 6.07) is 0. The number of hydrogen-bond donors (Lipinski definition) is 3. The monoisotopic (exact) mass is 543 g/mol. The van der Waals surface area contributed by atoms with E-state index in [4.69, 9.17) is 14.2 Å². The minimum atomic E-state index is -0.803. The summed E-state index contributed by atoms with van der Waals surface area (Å²) in [6.07, 6.45) is 1.61. The van der Waals surface area contributed by atoms with Gasteiger partial charge in [-0.05, 0) is 95.4 Å². The molecule has 38 heavy (non-hydrogen) atoms. The van der Waals surface area contributed by atoms with Crippen LogP contribution in [0.5, 0.6) is 0 Å². The summed E-state index contributed by atoms with van der Waals surface area (Å²) in [7, 11) is 0. The fraction of sp³-hybridized carbons (Fsp3) is 0.897. The van der Waals surface area contributed by atoms with Gasteiger partial charge in [0.2, 0.25) is 11.8 Å². The van der Waals surface area contributed by atoms with Crippen molar-refractivity contribution in [3.8, 4) is 0 Å². The van der Waals surface area contributed by atoms with E-state index in [1.807, 2.05) is 96.9 Å². The Morgan fingerprint density at radius 2 is 1.08 bits per heavy atom. The van der Waals surface area contributed by atoms with Gasteiger partial charge in [-0.2, -0.15) is 0 Å². The van der Waals surface area contributed by atoms with Crippen LogP contribution in [-0.4, -0.2) is 59.1 Å². The highest BCUT2D eigenvalue weighted by molar-refractivity contribution is 5.81. The van der Waals surface area contributed by atoms with Gasteiger partial charge in [-0.3, -0.25) is 9.59 Å². The molecule has 0 aliphatic carbocycles. The minimum Gasteiger partial charge on any atom is -0.444 e. The Morgan fingerprint density at radius 1 is 0.605 bits per heavy atom. The molecule has 0 aromatic heterocycles. The van der Waals surface area contributed by atoms with E-state index in [9.17, 15) is 14.4 Å². The number of carbonyl (C=O) groups is 3. The molecule has 0 aromatic rings. The molecule has 0 saturated carbocycles. The maximum atomic E-state index is 12.7. The summed E-state index contributed by atoms with van der Waals surface area (Å²) < 4.78 is 17.3. The smallest absolute Gasteiger partial charge is 0.408 e. The molecule has 0 aliphatic rings. The van der Waals surface area contributed by atoms with E-state index >= 15 is 0 Å². The molecule has 0 radical (unpaired) electrons. The largest absolute Gasteiger partial charge is 0.444 e. The number of hydrogen-bond acceptors (Lipinski definition) is 6. The topological polar surface area (TPSA) is 115 Å². The summed E-state index contributed by atoms with van der Waals surface area (Å²) in [6.45, 7) is 27.2. The second-order valence-corrected chi connectivity index (χ2v) is 14.6.